The summed E-state index contributed by atoms with van der Waals surface area (Å²) in [5.74, 6) is 0.539. The second kappa shape index (κ2) is 7.90. The van der Waals surface area contributed by atoms with Gasteiger partial charge in [-0.25, -0.2) is 4.98 Å². The number of nitrogens with one attached hydrogen (secondary N) is 1. The molecule has 0 aliphatic rings. The second-order valence-corrected chi connectivity index (χ2v) is 6.08. The number of thiazole rings is 1. The van der Waals surface area contributed by atoms with Gasteiger partial charge < -0.3 is 11.1 Å². The lowest BCUT2D eigenvalue weighted by Crippen LogP contribution is -2.14. The van der Waals surface area contributed by atoms with E-state index in [4.69, 9.17) is 5.73 Å². The smallest absolute Gasteiger partial charge is 0.224 e. The zero-order chi connectivity index (χ0) is 15.1. The lowest BCUT2D eigenvalue weighted by atomic mass is 10.0. The van der Waals surface area contributed by atoms with Gasteiger partial charge in [0.25, 0.3) is 0 Å². The molecule has 5 heteroatoms. The van der Waals surface area contributed by atoms with Gasteiger partial charge in [-0.3, -0.25) is 4.79 Å². The van der Waals surface area contributed by atoms with Crippen molar-refractivity contribution >= 4 is 22.9 Å². The maximum atomic E-state index is 12.0. The highest BCUT2D eigenvalue weighted by Crippen LogP contribution is 2.24. The standard InChI is InChI=1S/C16H21N3OS/c1-12(7-8-17)5-6-15(20)19-14-4-2-3-13(11-14)16-18-9-10-21-16/h2-4,9-12H,5-8,17H2,1H3,(H,19,20). The third-order valence-electron chi connectivity index (χ3n) is 3.35. The van der Waals surface area contributed by atoms with Crippen LogP contribution >= 0.6 is 11.3 Å². The molecule has 0 fully saturated rings. The molecular weight excluding hydrogens is 282 g/mol. The minimum atomic E-state index is 0.0511. The predicted molar refractivity (Wildman–Crippen MR) is 88.2 cm³/mol. The zero-order valence-electron chi connectivity index (χ0n) is 12.2. The van der Waals surface area contributed by atoms with E-state index in [-0.39, 0.29) is 5.91 Å². The van der Waals surface area contributed by atoms with Crippen molar-refractivity contribution in [3.8, 4) is 10.6 Å². The molecule has 1 atom stereocenters. The summed E-state index contributed by atoms with van der Waals surface area (Å²) in [6.45, 7) is 2.81. The van der Waals surface area contributed by atoms with Gasteiger partial charge in [-0.05, 0) is 37.4 Å². The normalized spacial score (nSPS) is 12.1. The highest BCUT2D eigenvalue weighted by molar-refractivity contribution is 7.13. The topological polar surface area (TPSA) is 68.0 Å². The zero-order valence-corrected chi connectivity index (χ0v) is 13.0. The van der Waals surface area contributed by atoms with Crippen molar-refractivity contribution < 1.29 is 4.79 Å². The first-order valence-corrected chi connectivity index (χ1v) is 8.07. The van der Waals surface area contributed by atoms with Crippen LogP contribution in [0.2, 0.25) is 0 Å². The number of benzene rings is 1. The lowest BCUT2D eigenvalue weighted by Gasteiger charge is -2.10. The molecule has 2 rings (SSSR count). The van der Waals surface area contributed by atoms with E-state index in [0.717, 1.165) is 29.1 Å². The summed E-state index contributed by atoms with van der Waals surface area (Å²) in [7, 11) is 0. The molecule has 21 heavy (non-hydrogen) atoms. The first-order chi connectivity index (χ1) is 10.2. The first-order valence-electron chi connectivity index (χ1n) is 7.19. The van der Waals surface area contributed by atoms with E-state index >= 15 is 0 Å². The molecule has 0 aliphatic heterocycles. The Hall–Kier alpha value is -1.72. The van der Waals surface area contributed by atoms with Crippen molar-refractivity contribution in [3.63, 3.8) is 0 Å². The summed E-state index contributed by atoms with van der Waals surface area (Å²) < 4.78 is 0. The number of hydrogen-bond acceptors (Lipinski definition) is 4. The molecule has 4 nitrogen and oxygen atoms in total. The van der Waals surface area contributed by atoms with Crippen LogP contribution in [0.4, 0.5) is 5.69 Å². The Bertz CT molecular complexity index is 569. The number of carbonyl (C=O) groups excluding carboxylic acids is 1. The Morgan fingerprint density at radius 1 is 1.43 bits per heavy atom. The number of amides is 1. The maximum Gasteiger partial charge on any atom is 0.224 e. The van der Waals surface area contributed by atoms with Crippen LogP contribution in [0.25, 0.3) is 10.6 Å². The highest BCUT2D eigenvalue weighted by Gasteiger charge is 2.08. The molecule has 1 aromatic heterocycles. The van der Waals surface area contributed by atoms with Gasteiger partial charge in [0.05, 0.1) is 0 Å². The van der Waals surface area contributed by atoms with Crippen LogP contribution in [0, 0.1) is 5.92 Å². The van der Waals surface area contributed by atoms with Crippen molar-refractivity contribution in [2.45, 2.75) is 26.2 Å². The first kappa shape index (κ1) is 15.7. The molecule has 112 valence electrons. The summed E-state index contributed by atoms with van der Waals surface area (Å²) in [4.78, 5) is 16.2. The fourth-order valence-corrected chi connectivity index (χ4v) is 2.76. The van der Waals surface area contributed by atoms with Crippen LogP contribution in [0.5, 0.6) is 0 Å². The Balaban J connectivity index is 1.91. The molecule has 1 heterocycles. The largest absolute Gasteiger partial charge is 0.330 e. The molecular formula is C16H21N3OS. The Labute approximate surface area is 129 Å². The molecule has 1 amide bonds. The second-order valence-electron chi connectivity index (χ2n) is 5.19. The summed E-state index contributed by atoms with van der Waals surface area (Å²) in [5.41, 5.74) is 7.36. The van der Waals surface area contributed by atoms with Crippen LogP contribution in [0.3, 0.4) is 0 Å². The summed E-state index contributed by atoms with van der Waals surface area (Å²) in [6.07, 6.45) is 4.15. The minimum Gasteiger partial charge on any atom is -0.330 e. The Morgan fingerprint density at radius 2 is 2.29 bits per heavy atom. The van der Waals surface area contributed by atoms with Gasteiger partial charge in [0.1, 0.15) is 5.01 Å². The number of hydrogen-bond donors (Lipinski definition) is 2. The van der Waals surface area contributed by atoms with Crippen LogP contribution in [-0.2, 0) is 4.79 Å². The van der Waals surface area contributed by atoms with Gasteiger partial charge in [-0.2, -0.15) is 0 Å². The molecule has 2 aromatic rings. The molecule has 3 N–H and O–H groups in total. The van der Waals surface area contributed by atoms with Crippen molar-refractivity contribution in [2.24, 2.45) is 11.7 Å². The summed E-state index contributed by atoms with van der Waals surface area (Å²) in [6, 6.07) is 7.79. The number of nitrogens with two attached hydrogens (primary N) is 1. The van der Waals surface area contributed by atoms with Crippen LogP contribution < -0.4 is 11.1 Å². The molecule has 0 radical (unpaired) electrons. The van der Waals surface area contributed by atoms with Gasteiger partial charge in [0.2, 0.25) is 5.91 Å². The number of nitrogens with zero attached hydrogens (tertiary/aromatic N) is 1. The fraction of sp³-hybridized carbons (Fsp3) is 0.375. The monoisotopic (exact) mass is 303 g/mol. The number of anilines is 1. The van der Waals surface area contributed by atoms with Gasteiger partial charge in [0, 0.05) is 29.2 Å². The molecule has 0 bridgehead atoms. The van der Waals surface area contributed by atoms with E-state index < -0.39 is 0 Å². The molecule has 0 spiro atoms. The van der Waals surface area contributed by atoms with Crippen molar-refractivity contribution in [1.82, 2.24) is 4.98 Å². The Morgan fingerprint density at radius 3 is 3.00 bits per heavy atom. The highest BCUT2D eigenvalue weighted by atomic mass is 32.1. The number of carbonyl (C=O) groups is 1. The van der Waals surface area contributed by atoms with E-state index in [2.05, 4.69) is 17.2 Å². The lowest BCUT2D eigenvalue weighted by molar-refractivity contribution is -0.116. The third-order valence-corrected chi connectivity index (χ3v) is 4.17. The fourth-order valence-electron chi connectivity index (χ4n) is 2.13. The molecule has 1 aromatic carbocycles. The maximum absolute atomic E-state index is 12.0. The predicted octanol–water partition coefficient (Wildman–Crippen LogP) is 3.51. The number of aromatic nitrogens is 1. The van der Waals surface area contributed by atoms with E-state index in [1.165, 1.54) is 0 Å². The van der Waals surface area contributed by atoms with Gasteiger partial charge in [-0.1, -0.05) is 19.1 Å². The van der Waals surface area contributed by atoms with E-state index in [1.807, 2.05) is 29.6 Å². The average molecular weight is 303 g/mol. The number of rotatable bonds is 7. The minimum absolute atomic E-state index is 0.0511. The third kappa shape index (κ3) is 4.95. The van der Waals surface area contributed by atoms with Crippen LogP contribution in [0.15, 0.2) is 35.8 Å². The SMILES string of the molecule is CC(CCN)CCC(=O)Nc1cccc(-c2nccs2)c1. The molecule has 0 aliphatic carbocycles. The van der Waals surface area contributed by atoms with E-state index in [0.29, 0.717) is 18.9 Å². The van der Waals surface area contributed by atoms with Crippen molar-refractivity contribution in [3.05, 3.63) is 35.8 Å². The summed E-state index contributed by atoms with van der Waals surface area (Å²) >= 11 is 1.59. The van der Waals surface area contributed by atoms with Crippen LogP contribution in [-0.4, -0.2) is 17.4 Å². The van der Waals surface area contributed by atoms with Gasteiger partial charge >= 0.3 is 0 Å². The van der Waals surface area contributed by atoms with Gasteiger partial charge in [-0.15, -0.1) is 11.3 Å². The molecule has 0 saturated carbocycles. The van der Waals surface area contributed by atoms with E-state index in [9.17, 15) is 4.79 Å². The average Bonchev–Trinajstić information content (AvgIpc) is 3.00. The molecule has 1 unspecified atom stereocenters. The van der Waals surface area contributed by atoms with Gasteiger partial charge in [0.15, 0.2) is 0 Å². The van der Waals surface area contributed by atoms with Crippen molar-refractivity contribution in [2.75, 3.05) is 11.9 Å². The summed E-state index contributed by atoms with van der Waals surface area (Å²) in [5, 5.41) is 5.85. The van der Waals surface area contributed by atoms with Crippen LogP contribution in [0.1, 0.15) is 26.2 Å². The van der Waals surface area contributed by atoms with Crippen molar-refractivity contribution in [1.29, 1.82) is 0 Å². The Kier molecular flexibility index (Phi) is 5.90. The van der Waals surface area contributed by atoms with E-state index in [1.54, 1.807) is 17.5 Å². The quantitative estimate of drug-likeness (QED) is 0.822. The molecule has 0 saturated heterocycles.